The first-order valence-corrected chi connectivity index (χ1v) is 12.1. The molecular weight excluding hydrogens is 450 g/mol. The van der Waals surface area contributed by atoms with E-state index in [0.29, 0.717) is 37.1 Å². The molecule has 4 aliphatic rings. The summed E-state index contributed by atoms with van der Waals surface area (Å²) in [5.41, 5.74) is -1.08. The van der Waals surface area contributed by atoms with Crippen molar-refractivity contribution in [3.05, 3.63) is 48.2 Å². The highest BCUT2D eigenvalue weighted by molar-refractivity contribution is 6.46. The first-order chi connectivity index (χ1) is 16.6. The SMILES string of the molecule is C=CCN(C=C1C(=O)O[C@H](COC)[C@]2(C)C3=C(C(=O)C(=O)C12)[C@@H]1CCC(O)[C@@]1(C)C[C@H]3O)CC=C. The van der Waals surface area contributed by atoms with E-state index in [1.807, 2.05) is 6.92 Å². The first kappa shape index (κ1) is 25.5. The Morgan fingerprint density at radius 1 is 1.14 bits per heavy atom. The molecule has 0 aromatic heterocycles. The van der Waals surface area contributed by atoms with E-state index in [1.54, 1.807) is 30.2 Å². The number of allylic oxidation sites excluding steroid dienone is 1. The molecule has 8 heteroatoms. The third-order valence-electron chi connectivity index (χ3n) is 8.63. The number of aliphatic hydroxyl groups excluding tert-OH is 2. The second kappa shape index (κ2) is 9.15. The Morgan fingerprint density at radius 3 is 2.40 bits per heavy atom. The lowest BCUT2D eigenvalue weighted by Crippen LogP contribution is -2.62. The minimum atomic E-state index is -1.18. The third-order valence-corrected chi connectivity index (χ3v) is 8.63. The number of Topliss-reactive ketones (excluding diaryl/α,β-unsaturated/α-hetero) is 2. The zero-order valence-corrected chi connectivity index (χ0v) is 20.7. The van der Waals surface area contributed by atoms with E-state index in [-0.39, 0.29) is 24.5 Å². The van der Waals surface area contributed by atoms with Crippen LogP contribution in [-0.2, 0) is 23.9 Å². The predicted octanol–water partition coefficient (Wildman–Crippen LogP) is 1.73. The number of hydrogen-bond donors (Lipinski definition) is 2. The molecule has 0 aromatic carbocycles. The van der Waals surface area contributed by atoms with Gasteiger partial charge in [0.25, 0.3) is 0 Å². The molecule has 2 unspecified atom stereocenters. The standard InChI is InChI=1S/C27H35NO7/c1-6-10-28(11-7-2)13-15-21-24(32)23(31)20-16-8-9-18(30)26(16,3)12-17(29)22(20)27(21,4)19(14-34-5)35-25(15)33/h6-7,13,16-19,21,29-30H,1-2,8-12,14H2,3-5H3/t16-,17+,18?,19+,21?,26-,27-/m0/s1. The van der Waals surface area contributed by atoms with Crippen molar-refractivity contribution in [1.29, 1.82) is 0 Å². The number of esters is 1. The van der Waals surface area contributed by atoms with Gasteiger partial charge in [-0.05, 0) is 30.8 Å². The number of carbonyl (C=O) groups excluding carboxylic acids is 3. The zero-order chi connectivity index (χ0) is 25.7. The van der Waals surface area contributed by atoms with Crippen molar-refractivity contribution in [2.75, 3.05) is 26.8 Å². The second-order valence-electron chi connectivity index (χ2n) is 10.6. The number of ether oxygens (including phenoxy) is 2. The van der Waals surface area contributed by atoms with Crippen LogP contribution < -0.4 is 0 Å². The number of hydrogen-bond acceptors (Lipinski definition) is 8. The summed E-state index contributed by atoms with van der Waals surface area (Å²) in [6.07, 6.45) is 3.55. The van der Waals surface area contributed by atoms with Crippen LogP contribution in [-0.4, -0.2) is 77.8 Å². The molecule has 0 bridgehead atoms. The molecule has 2 N–H and O–H groups in total. The van der Waals surface area contributed by atoms with Gasteiger partial charge in [0, 0.05) is 42.8 Å². The van der Waals surface area contributed by atoms with E-state index in [1.165, 1.54) is 7.11 Å². The maximum absolute atomic E-state index is 13.8. The van der Waals surface area contributed by atoms with Crippen molar-refractivity contribution in [1.82, 2.24) is 4.90 Å². The number of fused-ring (bicyclic) bond motifs is 4. The minimum absolute atomic E-state index is 0.00454. The van der Waals surface area contributed by atoms with Crippen LogP contribution in [0, 0.1) is 22.7 Å². The van der Waals surface area contributed by atoms with Crippen LogP contribution in [0.4, 0.5) is 0 Å². The smallest absolute Gasteiger partial charge is 0.336 e. The topological polar surface area (TPSA) is 113 Å². The summed E-state index contributed by atoms with van der Waals surface area (Å²) in [4.78, 5) is 42.5. The molecule has 1 saturated carbocycles. The normalized spacial score (nSPS) is 39.6. The van der Waals surface area contributed by atoms with Crippen LogP contribution in [0.3, 0.4) is 0 Å². The van der Waals surface area contributed by atoms with Crippen molar-refractivity contribution < 1.29 is 34.1 Å². The van der Waals surface area contributed by atoms with Gasteiger partial charge in [-0.15, -0.1) is 13.2 Å². The van der Waals surface area contributed by atoms with Crippen molar-refractivity contribution >= 4 is 17.5 Å². The number of aliphatic hydroxyl groups is 2. The van der Waals surface area contributed by atoms with Gasteiger partial charge >= 0.3 is 5.97 Å². The van der Waals surface area contributed by atoms with E-state index >= 15 is 0 Å². The summed E-state index contributed by atoms with van der Waals surface area (Å²) in [5, 5.41) is 22.2. The van der Waals surface area contributed by atoms with Gasteiger partial charge in [-0.1, -0.05) is 26.0 Å². The molecule has 3 aliphatic carbocycles. The molecule has 1 saturated heterocycles. The quantitative estimate of drug-likeness (QED) is 0.243. The van der Waals surface area contributed by atoms with E-state index in [9.17, 15) is 24.6 Å². The summed E-state index contributed by atoms with van der Waals surface area (Å²) in [6.45, 7) is 11.9. The fourth-order valence-electron chi connectivity index (χ4n) is 6.93. The van der Waals surface area contributed by atoms with Gasteiger partial charge in [-0.2, -0.15) is 0 Å². The summed E-state index contributed by atoms with van der Waals surface area (Å²) < 4.78 is 11.2. The van der Waals surface area contributed by atoms with Crippen molar-refractivity contribution in [2.45, 2.75) is 51.4 Å². The van der Waals surface area contributed by atoms with Gasteiger partial charge in [0.05, 0.1) is 30.3 Å². The fraction of sp³-hybridized carbons (Fsp3) is 0.593. The molecule has 0 amide bonds. The maximum atomic E-state index is 13.8. The molecule has 4 rings (SSSR count). The molecule has 1 aliphatic heterocycles. The summed E-state index contributed by atoms with van der Waals surface area (Å²) >= 11 is 0. The van der Waals surface area contributed by atoms with Gasteiger partial charge in [0.15, 0.2) is 0 Å². The van der Waals surface area contributed by atoms with E-state index in [2.05, 4.69) is 13.2 Å². The van der Waals surface area contributed by atoms with Gasteiger partial charge in [-0.25, -0.2) is 4.79 Å². The summed E-state index contributed by atoms with van der Waals surface area (Å²) in [7, 11) is 1.47. The molecule has 7 atom stereocenters. The Hall–Kier alpha value is -2.55. The van der Waals surface area contributed by atoms with Crippen molar-refractivity contribution in [2.24, 2.45) is 22.7 Å². The van der Waals surface area contributed by atoms with Crippen molar-refractivity contribution in [3.8, 4) is 0 Å². The Bertz CT molecular complexity index is 1020. The number of ketones is 2. The summed E-state index contributed by atoms with van der Waals surface area (Å²) in [5.74, 6) is -3.54. The van der Waals surface area contributed by atoms with E-state index in [4.69, 9.17) is 9.47 Å². The van der Waals surface area contributed by atoms with Gasteiger partial charge in [0.2, 0.25) is 11.6 Å². The fourth-order valence-corrected chi connectivity index (χ4v) is 6.93. The van der Waals surface area contributed by atoms with E-state index in [0.717, 1.165) is 0 Å². The molecule has 2 fully saturated rings. The van der Waals surface area contributed by atoms with Gasteiger partial charge in [0.1, 0.15) is 6.10 Å². The lowest BCUT2D eigenvalue weighted by atomic mass is 9.50. The number of rotatable bonds is 7. The number of nitrogens with zero attached hydrogens (tertiary/aromatic N) is 1. The molecule has 0 aromatic rings. The Balaban J connectivity index is 1.95. The van der Waals surface area contributed by atoms with E-state index < -0.39 is 52.6 Å². The second-order valence-corrected chi connectivity index (χ2v) is 10.6. The van der Waals surface area contributed by atoms with Crippen LogP contribution in [0.1, 0.15) is 33.1 Å². The number of cyclic esters (lactones) is 1. The predicted molar refractivity (Wildman–Crippen MR) is 128 cm³/mol. The lowest BCUT2D eigenvalue weighted by Gasteiger charge is -2.55. The van der Waals surface area contributed by atoms with Gasteiger partial charge < -0.3 is 24.6 Å². The highest BCUT2D eigenvalue weighted by Gasteiger charge is 2.66. The molecule has 8 nitrogen and oxygen atoms in total. The molecule has 1 heterocycles. The zero-order valence-electron chi connectivity index (χ0n) is 20.7. The highest BCUT2D eigenvalue weighted by atomic mass is 16.6. The molecule has 0 radical (unpaired) electrons. The number of methoxy groups -OCH3 is 1. The van der Waals surface area contributed by atoms with Crippen molar-refractivity contribution in [3.63, 3.8) is 0 Å². The molecule has 0 spiro atoms. The molecule has 35 heavy (non-hydrogen) atoms. The Labute approximate surface area is 206 Å². The average molecular weight is 486 g/mol. The van der Waals surface area contributed by atoms with Gasteiger partial charge in [-0.3, -0.25) is 9.59 Å². The Morgan fingerprint density at radius 2 is 1.80 bits per heavy atom. The van der Waals surface area contributed by atoms with Crippen LogP contribution in [0.15, 0.2) is 48.2 Å². The molecule has 190 valence electrons. The maximum Gasteiger partial charge on any atom is 0.336 e. The third kappa shape index (κ3) is 3.65. The van der Waals surface area contributed by atoms with Crippen LogP contribution in [0.25, 0.3) is 0 Å². The first-order valence-electron chi connectivity index (χ1n) is 12.1. The Kier molecular flexibility index (Phi) is 6.68. The lowest BCUT2D eigenvalue weighted by molar-refractivity contribution is -0.172. The highest BCUT2D eigenvalue weighted by Crippen LogP contribution is 2.62. The monoisotopic (exact) mass is 485 g/mol. The van der Waals surface area contributed by atoms with Crippen LogP contribution in [0.5, 0.6) is 0 Å². The molecular formula is C27H35NO7. The van der Waals surface area contributed by atoms with Crippen LogP contribution >= 0.6 is 0 Å². The van der Waals surface area contributed by atoms with Crippen LogP contribution in [0.2, 0.25) is 0 Å². The minimum Gasteiger partial charge on any atom is -0.456 e. The largest absolute Gasteiger partial charge is 0.456 e. The summed E-state index contributed by atoms with van der Waals surface area (Å²) in [6, 6.07) is 0. The average Bonchev–Trinajstić information content (AvgIpc) is 3.09. The number of carbonyl (C=O) groups is 3.